The highest BCUT2D eigenvalue weighted by atomic mass is 16.2. The standard InChI is InChI=1S/C15H15N3O2/c1-9-4-6-10(7-5-9)11-8-16-13-12(11)14(19)18(3)15(20)17(13)2/h4-8,16H,1-3H3. The van der Waals surface area contributed by atoms with Crippen molar-refractivity contribution in [3.63, 3.8) is 0 Å². The lowest BCUT2D eigenvalue weighted by Crippen LogP contribution is -2.36. The van der Waals surface area contributed by atoms with Gasteiger partial charge in [0.1, 0.15) is 5.65 Å². The van der Waals surface area contributed by atoms with Crippen molar-refractivity contribution in [3.8, 4) is 11.1 Å². The summed E-state index contributed by atoms with van der Waals surface area (Å²) in [5, 5.41) is 0.540. The second kappa shape index (κ2) is 4.23. The highest BCUT2D eigenvalue weighted by molar-refractivity contribution is 5.93. The van der Waals surface area contributed by atoms with Crippen LogP contribution in [0.15, 0.2) is 40.1 Å². The van der Waals surface area contributed by atoms with Crippen molar-refractivity contribution >= 4 is 11.0 Å². The number of aryl methyl sites for hydroxylation is 2. The zero-order chi connectivity index (χ0) is 14.4. The van der Waals surface area contributed by atoms with Gasteiger partial charge in [0.25, 0.3) is 5.56 Å². The molecule has 0 aliphatic carbocycles. The first-order valence-electron chi connectivity index (χ1n) is 6.35. The Morgan fingerprint density at radius 2 is 1.65 bits per heavy atom. The molecule has 0 atom stereocenters. The number of benzene rings is 1. The molecule has 1 N–H and O–H groups in total. The predicted molar refractivity (Wildman–Crippen MR) is 79.0 cm³/mol. The number of aromatic amines is 1. The van der Waals surface area contributed by atoms with Crippen LogP contribution < -0.4 is 11.2 Å². The summed E-state index contributed by atoms with van der Waals surface area (Å²) in [5.41, 5.74) is 2.87. The average Bonchev–Trinajstić information content (AvgIpc) is 2.88. The minimum Gasteiger partial charge on any atom is -0.347 e. The number of aromatic nitrogens is 3. The smallest absolute Gasteiger partial charge is 0.332 e. The van der Waals surface area contributed by atoms with Gasteiger partial charge in [0.15, 0.2) is 0 Å². The van der Waals surface area contributed by atoms with Crippen molar-refractivity contribution in [3.05, 3.63) is 56.9 Å². The lowest BCUT2D eigenvalue weighted by atomic mass is 10.1. The molecule has 3 rings (SSSR count). The molecule has 1 aromatic carbocycles. The monoisotopic (exact) mass is 269 g/mol. The zero-order valence-corrected chi connectivity index (χ0v) is 11.6. The fraction of sp³-hybridized carbons (Fsp3) is 0.200. The number of rotatable bonds is 1. The van der Waals surface area contributed by atoms with Gasteiger partial charge in [0, 0.05) is 25.9 Å². The van der Waals surface area contributed by atoms with Gasteiger partial charge in [0.2, 0.25) is 0 Å². The number of nitrogens with zero attached hydrogens (tertiary/aromatic N) is 2. The van der Waals surface area contributed by atoms with Crippen LogP contribution in [0, 0.1) is 6.92 Å². The summed E-state index contributed by atoms with van der Waals surface area (Å²) in [4.78, 5) is 27.3. The maximum atomic E-state index is 12.4. The summed E-state index contributed by atoms with van der Waals surface area (Å²) >= 11 is 0. The summed E-state index contributed by atoms with van der Waals surface area (Å²) in [6.45, 7) is 2.02. The van der Waals surface area contributed by atoms with Crippen LogP contribution in [0.4, 0.5) is 0 Å². The first-order valence-corrected chi connectivity index (χ1v) is 6.35. The Morgan fingerprint density at radius 1 is 1.00 bits per heavy atom. The molecule has 0 saturated carbocycles. The van der Waals surface area contributed by atoms with E-state index in [1.165, 1.54) is 11.6 Å². The second-order valence-electron chi connectivity index (χ2n) is 5.00. The van der Waals surface area contributed by atoms with E-state index in [1.54, 1.807) is 13.2 Å². The Hall–Kier alpha value is -2.56. The van der Waals surface area contributed by atoms with Gasteiger partial charge in [-0.05, 0) is 12.5 Å². The summed E-state index contributed by atoms with van der Waals surface area (Å²) in [7, 11) is 3.15. The van der Waals surface area contributed by atoms with E-state index in [1.807, 2.05) is 31.2 Å². The molecule has 0 spiro atoms. The van der Waals surface area contributed by atoms with Gasteiger partial charge in [0.05, 0.1) is 5.39 Å². The predicted octanol–water partition coefficient (Wildman–Crippen LogP) is 1.54. The second-order valence-corrected chi connectivity index (χ2v) is 5.00. The number of nitrogens with one attached hydrogen (secondary N) is 1. The van der Waals surface area contributed by atoms with Crippen LogP contribution in [-0.4, -0.2) is 14.1 Å². The maximum Gasteiger partial charge on any atom is 0.332 e. The van der Waals surface area contributed by atoms with Gasteiger partial charge in [-0.1, -0.05) is 29.8 Å². The normalized spacial score (nSPS) is 11.2. The summed E-state index contributed by atoms with van der Waals surface area (Å²) in [6, 6.07) is 7.95. The molecule has 3 aromatic rings. The van der Waals surface area contributed by atoms with Crippen molar-refractivity contribution in [1.82, 2.24) is 14.1 Å². The lowest BCUT2D eigenvalue weighted by Gasteiger charge is -2.05. The van der Waals surface area contributed by atoms with E-state index in [0.717, 1.165) is 21.3 Å². The third-order valence-electron chi connectivity index (χ3n) is 3.65. The van der Waals surface area contributed by atoms with Gasteiger partial charge >= 0.3 is 5.69 Å². The third kappa shape index (κ3) is 1.63. The third-order valence-corrected chi connectivity index (χ3v) is 3.65. The fourth-order valence-corrected chi connectivity index (χ4v) is 2.43. The van der Waals surface area contributed by atoms with Crippen LogP contribution in [0.25, 0.3) is 22.2 Å². The lowest BCUT2D eigenvalue weighted by molar-refractivity contribution is 0.710. The molecule has 0 fully saturated rings. The summed E-state index contributed by atoms with van der Waals surface area (Å²) < 4.78 is 2.59. The Kier molecular flexibility index (Phi) is 2.64. The van der Waals surface area contributed by atoms with Crippen LogP contribution in [0.1, 0.15) is 5.56 Å². The molecule has 20 heavy (non-hydrogen) atoms. The fourth-order valence-electron chi connectivity index (χ4n) is 2.43. The molecular formula is C15H15N3O2. The van der Waals surface area contributed by atoms with E-state index >= 15 is 0 Å². The Bertz CT molecular complexity index is 911. The van der Waals surface area contributed by atoms with Crippen LogP contribution in [0.3, 0.4) is 0 Å². The van der Waals surface area contributed by atoms with Gasteiger partial charge in [-0.25, -0.2) is 4.79 Å². The molecule has 0 bridgehead atoms. The Balaban J connectivity index is 2.43. The average molecular weight is 269 g/mol. The highest BCUT2D eigenvalue weighted by Crippen LogP contribution is 2.25. The SMILES string of the molecule is Cc1ccc(-c2c[nH]c3c2c(=O)n(C)c(=O)n3C)cc1. The number of hydrogen-bond acceptors (Lipinski definition) is 2. The number of H-pyrrole nitrogens is 1. The first-order chi connectivity index (χ1) is 9.50. The van der Waals surface area contributed by atoms with Gasteiger partial charge in [-0.3, -0.25) is 13.9 Å². The molecule has 0 aliphatic rings. The maximum absolute atomic E-state index is 12.4. The van der Waals surface area contributed by atoms with Crippen molar-refractivity contribution in [2.24, 2.45) is 14.1 Å². The van der Waals surface area contributed by atoms with Crippen LogP contribution in [0.5, 0.6) is 0 Å². The molecule has 0 saturated heterocycles. The Labute approximate surface area is 115 Å². The van der Waals surface area contributed by atoms with Gasteiger partial charge < -0.3 is 4.98 Å². The first kappa shape index (κ1) is 12.5. The molecule has 102 valence electrons. The van der Waals surface area contributed by atoms with Crippen LogP contribution in [0.2, 0.25) is 0 Å². The van der Waals surface area contributed by atoms with Gasteiger partial charge in [-0.2, -0.15) is 0 Å². The van der Waals surface area contributed by atoms with E-state index in [4.69, 9.17) is 0 Å². The van der Waals surface area contributed by atoms with Gasteiger partial charge in [-0.15, -0.1) is 0 Å². The van der Waals surface area contributed by atoms with E-state index in [-0.39, 0.29) is 11.2 Å². The van der Waals surface area contributed by atoms with Crippen LogP contribution in [-0.2, 0) is 14.1 Å². The topological polar surface area (TPSA) is 59.8 Å². The molecule has 0 unspecified atom stereocenters. The zero-order valence-electron chi connectivity index (χ0n) is 11.6. The van der Waals surface area contributed by atoms with E-state index in [9.17, 15) is 9.59 Å². The quantitative estimate of drug-likeness (QED) is 0.728. The molecule has 5 heteroatoms. The highest BCUT2D eigenvalue weighted by Gasteiger charge is 2.15. The molecule has 2 heterocycles. The van der Waals surface area contributed by atoms with E-state index in [0.29, 0.717) is 11.0 Å². The van der Waals surface area contributed by atoms with E-state index < -0.39 is 0 Å². The Morgan fingerprint density at radius 3 is 2.30 bits per heavy atom. The summed E-state index contributed by atoms with van der Waals surface area (Å²) in [5.74, 6) is 0. The largest absolute Gasteiger partial charge is 0.347 e. The molecule has 0 radical (unpaired) electrons. The van der Waals surface area contributed by atoms with Crippen LogP contribution >= 0.6 is 0 Å². The van der Waals surface area contributed by atoms with Crippen molar-refractivity contribution in [2.45, 2.75) is 6.92 Å². The number of fused-ring (bicyclic) bond motifs is 1. The summed E-state index contributed by atoms with van der Waals surface area (Å²) in [6.07, 6.45) is 1.77. The van der Waals surface area contributed by atoms with E-state index in [2.05, 4.69) is 4.98 Å². The van der Waals surface area contributed by atoms with Crippen molar-refractivity contribution in [1.29, 1.82) is 0 Å². The minimum absolute atomic E-state index is 0.278. The minimum atomic E-state index is -0.334. The van der Waals surface area contributed by atoms with Crippen molar-refractivity contribution in [2.75, 3.05) is 0 Å². The molecule has 5 nitrogen and oxygen atoms in total. The van der Waals surface area contributed by atoms with Crippen molar-refractivity contribution < 1.29 is 0 Å². The molecule has 2 aromatic heterocycles. The molecule has 0 aliphatic heterocycles. The molecular weight excluding hydrogens is 254 g/mol. The molecule has 0 amide bonds. The number of hydrogen-bond donors (Lipinski definition) is 1.